The van der Waals surface area contributed by atoms with Gasteiger partial charge in [0, 0.05) is 12.1 Å². The van der Waals surface area contributed by atoms with Crippen LogP contribution in [0, 0.1) is 4.77 Å². The minimum Gasteiger partial charge on any atom is -0.497 e. The predicted molar refractivity (Wildman–Crippen MR) is 119 cm³/mol. The Hall–Kier alpha value is -3.71. The number of carbonyl (C=O) groups excluding carboxylic acids is 1. The fraction of sp³-hybridized carbons (Fsp3) is 0.0870. The quantitative estimate of drug-likeness (QED) is 0.482. The molecule has 1 heterocycles. The molecule has 4 aromatic rings. The van der Waals surface area contributed by atoms with Crippen LogP contribution in [0.3, 0.4) is 0 Å². The van der Waals surface area contributed by atoms with Crippen molar-refractivity contribution < 1.29 is 9.53 Å². The Morgan fingerprint density at radius 3 is 2.63 bits per heavy atom. The van der Waals surface area contributed by atoms with Gasteiger partial charge < -0.3 is 15.0 Å². The van der Waals surface area contributed by atoms with E-state index in [9.17, 15) is 9.59 Å². The third-order valence-electron chi connectivity index (χ3n) is 4.76. The van der Waals surface area contributed by atoms with Crippen LogP contribution in [0.2, 0.25) is 0 Å². The first-order valence-electron chi connectivity index (χ1n) is 9.32. The van der Waals surface area contributed by atoms with Gasteiger partial charge in [-0.15, -0.1) is 0 Å². The highest BCUT2D eigenvalue weighted by molar-refractivity contribution is 7.71. The molecule has 0 fully saturated rings. The standard InChI is InChI=1S/C23H19N3O3S/c1-29-18-9-5-6-15(12-18)14-24-21(27)16-10-11-19-20(13-16)25-23(30)26(22(19)28)17-7-3-2-4-8-17/h2-13H,14H2,1H3,(H,24,27)(H,25,30). The van der Waals surface area contributed by atoms with E-state index in [0.29, 0.717) is 28.7 Å². The van der Waals surface area contributed by atoms with Crippen LogP contribution in [-0.4, -0.2) is 22.6 Å². The van der Waals surface area contributed by atoms with Gasteiger partial charge in [0.1, 0.15) is 5.75 Å². The number of methoxy groups -OCH3 is 1. The van der Waals surface area contributed by atoms with E-state index < -0.39 is 0 Å². The van der Waals surface area contributed by atoms with Crippen molar-refractivity contribution in [2.24, 2.45) is 0 Å². The average Bonchev–Trinajstić information content (AvgIpc) is 2.78. The van der Waals surface area contributed by atoms with Gasteiger partial charge in [0.2, 0.25) is 0 Å². The van der Waals surface area contributed by atoms with Crippen molar-refractivity contribution in [3.8, 4) is 11.4 Å². The summed E-state index contributed by atoms with van der Waals surface area (Å²) < 4.78 is 6.92. The summed E-state index contributed by atoms with van der Waals surface area (Å²) >= 11 is 5.39. The zero-order chi connectivity index (χ0) is 21.1. The van der Waals surface area contributed by atoms with E-state index >= 15 is 0 Å². The van der Waals surface area contributed by atoms with Gasteiger partial charge in [0.25, 0.3) is 11.5 Å². The van der Waals surface area contributed by atoms with Crippen molar-refractivity contribution in [1.29, 1.82) is 0 Å². The fourth-order valence-electron chi connectivity index (χ4n) is 3.24. The van der Waals surface area contributed by atoms with E-state index in [4.69, 9.17) is 17.0 Å². The number of carbonyl (C=O) groups is 1. The third kappa shape index (κ3) is 3.88. The maximum Gasteiger partial charge on any atom is 0.266 e. The Balaban J connectivity index is 1.62. The number of H-pyrrole nitrogens is 1. The van der Waals surface area contributed by atoms with Crippen molar-refractivity contribution >= 4 is 29.0 Å². The number of ether oxygens (including phenoxy) is 1. The molecule has 0 aliphatic carbocycles. The molecule has 0 spiro atoms. The topological polar surface area (TPSA) is 76.1 Å². The van der Waals surface area contributed by atoms with Gasteiger partial charge in [0.15, 0.2) is 4.77 Å². The maximum absolute atomic E-state index is 13.0. The third-order valence-corrected chi connectivity index (χ3v) is 5.05. The number of amides is 1. The summed E-state index contributed by atoms with van der Waals surface area (Å²) in [6, 6.07) is 21.6. The molecule has 4 rings (SSSR count). The first-order valence-corrected chi connectivity index (χ1v) is 9.73. The van der Waals surface area contributed by atoms with Crippen LogP contribution in [0.4, 0.5) is 0 Å². The Kier molecular flexibility index (Phi) is 5.45. The molecule has 0 aliphatic heterocycles. The SMILES string of the molecule is COc1cccc(CNC(=O)c2ccc3c(=O)n(-c4ccccc4)c(=S)[nH]c3c2)c1. The molecule has 150 valence electrons. The molecule has 3 aromatic carbocycles. The lowest BCUT2D eigenvalue weighted by Gasteiger charge is -2.10. The lowest BCUT2D eigenvalue weighted by molar-refractivity contribution is 0.0951. The fourth-order valence-corrected chi connectivity index (χ4v) is 3.54. The highest BCUT2D eigenvalue weighted by Crippen LogP contribution is 2.15. The van der Waals surface area contributed by atoms with E-state index in [-0.39, 0.29) is 16.2 Å². The Labute approximate surface area is 177 Å². The van der Waals surface area contributed by atoms with Crippen molar-refractivity contribution in [1.82, 2.24) is 14.9 Å². The van der Waals surface area contributed by atoms with Crippen LogP contribution >= 0.6 is 12.2 Å². The van der Waals surface area contributed by atoms with Crippen LogP contribution in [-0.2, 0) is 6.54 Å². The minimum absolute atomic E-state index is 0.233. The number of nitrogens with zero attached hydrogens (tertiary/aromatic N) is 1. The highest BCUT2D eigenvalue weighted by atomic mass is 32.1. The second-order valence-electron chi connectivity index (χ2n) is 6.70. The molecule has 7 heteroatoms. The van der Waals surface area contributed by atoms with E-state index in [0.717, 1.165) is 11.3 Å². The summed E-state index contributed by atoms with van der Waals surface area (Å²) in [6.07, 6.45) is 0. The molecule has 30 heavy (non-hydrogen) atoms. The number of hydrogen-bond acceptors (Lipinski definition) is 4. The predicted octanol–water partition coefficient (Wildman–Crippen LogP) is 3.99. The Morgan fingerprint density at radius 2 is 1.87 bits per heavy atom. The van der Waals surface area contributed by atoms with Gasteiger partial charge in [-0.05, 0) is 60.2 Å². The highest BCUT2D eigenvalue weighted by Gasteiger charge is 2.11. The van der Waals surface area contributed by atoms with E-state index in [1.54, 1.807) is 25.3 Å². The smallest absolute Gasteiger partial charge is 0.266 e. The van der Waals surface area contributed by atoms with Crippen LogP contribution < -0.4 is 15.6 Å². The van der Waals surface area contributed by atoms with Gasteiger partial charge in [-0.2, -0.15) is 0 Å². The average molecular weight is 417 g/mol. The summed E-state index contributed by atoms with van der Waals surface area (Å²) in [5.74, 6) is 0.487. The van der Waals surface area contributed by atoms with Crippen LogP contribution in [0.5, 0.6) is 5.75 Å². The molecule has 0 saturated carbocycles. The van der Waals surface area contributed by atoms with Crippen LogP contribution in [0.15, 0.2) is 77.6 Å². The summed E-state index contributed by atoms with van der Waals surface area (Å²) in [7, 11) is 1.60. The second-order valence-corrected chi connectivity index (χ2v) is 7.09. The lowest BCUT2D eigenvalue weighted by Crippen LogP contribution is -2.24. The summed E-state index contributed by atoms with van der Waals surface area (Å²) in [4.78, 5) is 28.6. The molecule has 1 amide bonds. The second kappa shape index (κ2) is 8.34. The molecule has 6 nitrogen and oxygen atoms in total. The number of fused-ring (bicyclic) bond motifs is 1. The molecule has 2 N–H and O–H groups in total. The lowest BCUT2D eigenvalue weighted by atomic mass is 10.1. The molecular formula is C23H19N3O3S. The van der Waals surface area contributed by atoms with Crippen LogP contribution in [0.25, 0.3) is 16.6 Å². The monoisotopic (exact) mass is 417 g/mol. The van der Waals surface area contributed by atoms with Gasteiger partial charge in [-0.25, -0.2) is 0 Å². The first kappa shape index (κ1) is 19.6. The first-order chi connectivity index (χ1) is 14.6. The Morgan fingerprint density at radius 1 is 1.07 bits per heavy atom. The van der Waals surface area contributed by atoms with Crippen molar-refractivity contribution in [2.75, 3.05) is 7.11 Å². The van der Waals surface area contributed by atoms with Gasteiger partial charge >= 0.3 is 0 Å². The molecule has 0 unspecified atom stereocenters. The number of aromatic amines is 1. The number of nitrogens with one attached hydrogen (secondary N) is 2. The number of rotatable bonds is 5. The Bertz CT molecular complexity index is 1340. The number of benzene rings is 3. The summed E-state index contributed by atoms with van der Waals surface area (Å²) in [5, 5.41) is 3.34. The molecular weight excluding hydrogens is 398 g/mol. The zero-order valence-corrected chi connectivity index (χ0v) is 17.0. The summed E-state index contributed by atoms with van der Waals surface area (Å²) in [5.41, 5.74) is 2.34. The zero-order valence-electron chi connectivity index (χ0n) is 16.2. The van der Waals surface area contributed by atoms with Crippen molar-refractivity contribution in [2.45, 2.75) is 6.54 Å². The normalized spacial score (nSPS) is 10.7. The molecule has 0 aliphatic rings. The molecule has 0 atom stereocenters. The largest absolute Gasteiger partial charge is 0.497 e. The number of hydrogen-bond donors (Lipinski definition) is 2. The molecule has 1 aromatic heterocycles. The van der Waals surface area contributed by atoms with Crippen molar-refractivity contribution in [3.63, 3.8) is 0 Å². The van der Waals surface area contributed by atoms with E-state index in [1.807, 2.05) is 54.6 Å². The van der Waals surface area contributed by atoms with E-state index in [1.165, 1.54) is 4.57 Å². The molecule has 0 bridgehead atoms. The molecule has 0 saturated heterocycles. The number of aromatic nitrogens is 2. The van der Waals surface area contributed by atoms with Gasteiger partial charge in [0.05, 0.1) is 23.7 Å². The maximum atomic E-state index is 13.0. The number of para-hydroxylation sites is 1. The van der Waals surface area contributed by atoms with Crippen LogP contribution in [0.1, 0.15) is 15.9 Å². The van der Waals surface area contributed by atoms with Gasteiger partial charge in [-0.3, -0.25) is 14.2 Å². The van der Waals surface area contributed by atoms with E-state index in [2.05, 4.69) is 10.3 Å². The summed E-state index contributed by atoms with van der Waals surface area (Å²) in [6.45, 7) is 0.361. The van der Waals surface area contributed by atoms with Gasteiger partial charge in [-0.1, -0.05) is 30.3 Å². The molecule has 0 radical (unpaired) electrons. The van der Waals surface area contributed by atoms with Crippen molar-refractivity contribution in [3.05, 3.63) is 99.0 Å². The minimum atomic E-state index is -0.244.